The van der Waals surface area contributed by atoms with Gasteiger partial charge in [-0.1, -0.05) is 43.3 Å². The van der Waals surface area contributed by atoms with E-state index in [9.17, 15) is 19.5 Å². The number of nitrogens with one attached hydrogen (secondary N) is 1. The topological polar surface area (TPSA) is 162 Å². The normalized spacial score (nSPS) is 23.2. The summed E-state index contributed by atoms with van der Waals surface area (Å²) >= 11 is 0. The van der Waals surface area contributed by atoms with Gasteiger partial charge in [-0.2, -0.15) is 0 Å². The zero-order valence-corrected chi connectivity index (χ0v) is 26.3. The Balaban J connectivity index is 1.25. The van der Waals surface area contributed by atoms with E-state index in [1.54, 1.807) is 11.6 Å². The number of carbonyl (C=O) groups excluding carboxylic acids is 3. The number of rotatable bonds is 8. The largest absolute Gasteiger partial charge is 0.469 e. The quantitative estimate of drug-likeness (QED) is 0.358. The molecule has 3 aromatic rings. The average Bonchev–Trinajstić information content (AvgIpc) is 3.55. The SMILES string of the molecule is COC(=O)C[C@H](NC(=O)[C@@H]1C[C@@H](O)CN1C(=O)[C@H]1n2nnc(C3CC3)c2COCC1(C)C)c1ccc(-c2oc(C)nc2C)cc1. The molecule has 2 fully saturated rings. The van der Waals surface area contributed by atoms with E-state index >= 15 is 0 Å². The minimum Gasteiger partial charge on any atom is -0.469 e. The van der Waals surface area contributed by atoms with Crippen LogP contribution in [0.3, 0.4) is 0 Å². The number of ether oxygens (including phenoxy) is 2. The second-order valence-corrected chi connectivity index (χ2v) is 13.0. The summed E-state index contributed by atoms with van der Waals surface area (Å²) in [5.74, 6) is 0.223. The first-order valence-corrected chi connectivity index (χ1v) is 15.4. The van der Waals surface area contributed by atoms with Crippen LogP contribution in [0.4, 0.5) is 0 Å². The van der Waals surface area contributed by atoms with E-state index in [1.807, 2.05) is 45.0 Å². The number of aromatic nitrogens is 4. The van der Waals surface area contributed by atoms with Crippen molar-refractivity contribution in [1.82, 2.24) is 30.2 Å². The Bertz CT molecular complexity index is 1590. The van der Waals surface area contributed by atoms with Crippen molar-refractivity contribution in [2.75, 3.05) is 20.3 Å². The molecule has 4 atom stereocenters. The standard InChI is InChI=1S/C32H40N6O7/c1-17-28(45-18(2)33-17)21-10-6-19(7-11-21)23(13-26(40)43-5)34-30(41)24-12-22(39)14-37(24)31(42)29-32(3,4)16-44-15-25-27(20-8-9-20)35-36-38(25)29/h6-7,10-11,20,22-24,29,39H,8-9,12-16H2,1-5H3,(H,34,41)/t22-,23+,24+,29-/m1/s1. The smallest absolute Gasteiger partial charge is 0.307 e. The minimum atomic E-state index is -0.957. The van der Waals surface area contributed by atoms with Gasteiger partial charge >= 0.3 is 5.97 Å². The van der Waals surface area contributed by atoms with Crippen molar-refractivity contribution in [3.8, 4) is 11.3 Å². The van der Waals surface area contributed by atoms with E-state index in [0.717, 1.165) is 35.5 Å². The van der Waals surface area contributed by atoms with E-state index < -0.39 is 41.5 Å². The molecule has 1 aliphatic carbocycles. The zero-order valence-electron chi connectivity index (χ0n) is 26.3. The summed E-state index contributed by atoms with van der Waals surface area (Å²) in [5, 5.41) is 22.5. The Kier molecular flexibility index (Phi) is 8.25. The number of hydrogen-bond acceptors (Lipinski definition) is 10. The molecule has 0 radical (unpaired) electrons. The lowest BCUT2D eigenvalue weighted by atomic mass is 9.84. The number of aliphatic hydroxyl groups is 1. The molecule has 240 valence electrons. The lowest BCUT2D eigenvalue weighted by Gasteiger charge is -2.35. The molecule has 1 saturated carbocycles. The van der Waals surface area contributed by atoms with Gasteiger partial charge < -0.3 is 29.2 Å². The average molecular weight is 621 g/mol. The highest BCUT2D eigenvalue weighted by molar-refractivity contribution is 5.91. The molecule has 4 heterocycles. The molecule has 2 aliphatic heterocycles. The highest BCUT2D eigenvalue weighted by Gasteiger charge is 2.49. The maximum atomic E-state index is 14.4. The summed E-state index contributed by atoms with van der Waals surface area (Å²) in [5.41, 5.74) is 3.23. The van der Waals surface area contributed by atoms with E-state index in [-0.39, 0.29) is 25.3 Å². The van der Waals surface area contributed by atoms with Crippen molar-refractivity contribution in [1.29, 1.82) is 0 Å². The number of carbonyl (C=O) groups is 3. The number of methoxy groups -OCH3 is 1. The van der Waals surface area contributed by atoms with Crippen LogP contribution < -0.4 is 5.32 Å². The monoisotopic (exact) mass is 620 g/mol. The number of esters is 1. The number of aryl methyl sites for hydroxylation is 2. The van der Waals surface area contributed by atoms with Gasteiger partial charge in [0.15, 0.2) is 11.7 Å². The Morgan fingerprint density at radius 2 is 1.91 bits per heavy atom. The van der Waals surface area contributed by atoms with Crippen molar-refractivity contribution < 1.29 is 33.4 Å². The van der Waals surface area contributed by atoms with Crippen LogP contribution in [0.5, 0.6) is 0 Å². The zero-order chi connectivity index (χ0) is 32.0. The molecule has 1 aromatic carbocycles. The molecular weight excluding hydrogens is 580 g/mol. The molecule has 0 spiro atoms. The fourth-order valence-corrected chi connectivity index (χ4v) is 6.51. The number of amides is 2. The number of likely N-dealkylation sites (tertiary alicyclic amines) is 1. The third-order valence-corrected chi connectivity index (χ3v) is 8.98. The number of benzene rings is 1. The third-order valence-electron chi connectivity index (χ3n) is 8.98. The van der Waals surface area contributed by atoms with Gasteiger partial charge in [0.05, 0.1) is 56.0 Å². The summed E-state index contributed by atoms with van der Waals surface area (Å²) in [6, 6.07) is 4.83. The van der Waals surface area contributed by atoms with Crippen LogP contribution in [0.15, 0.2) is 28.7 Å². The number of nitrogens with zero attached hydrogens (tertiary/aromatic N) is 5. The molecule has 0 unspecified atom stereocenters. The van der Waals surface area contributed by atoms with Crippen molar-refractivity contribution in [2.45, 2.75) is 90.1 Å². The Hall–Kier alpha value is -4.10. The van der Waals surface area contributed by atoms with E-state index in [1.165, 1.54) is 12.0 Å². The first kappa shape index (κ1) is 30.9. The van der Waals surface area contributed by atoms with E-state index in [2.05, 4.69) is 20.6 Å². The minimum absolute atomic E-state index is 0.00378. The molecule has 1 saturated heterocycles. The molecule has 13 heteroatoms. The van der Waals surface area contributed by atoms with Crippen molar-refractivity contribution in [3.05, 3.63) is 52.8 Å². The van der Waals surface area contributed by atoms with Gasteiger partial charge in [-0.25, -0.2) is 9.67 Å². The van der Waals surface area contributed by atoms with E-state index in [4.69, 9.17) is 13.9 Å². The third kappa shape index (κ3) is 6.10. The van der Waals surface area contributed by atoms with Crippen LogP contribution in [0.25, 0.3) is 11.3 Å². The maximum Gasteiger partial charge on any atom is 0.307 e. The molecule has 3 aliphatic rings. The van der Waals surface area contributed by atoms with Crippen LogP contribution in [0, 0.1) is 19.3 Å². The Morgan fingerprint density at radius 3 is 2.56 bits per heavy atom. The van der Waals surface area contributed by atoms with Crippen LogP contribution >= 0.6 is 0 Å². The summed E-state index contributed by atoms with van der Waals surface area (Å²) < 4.78 is 18.3. The number of β-amino-alcohol motifs (C(OH)–C–C–N with tert-alkyl or cyclic N) is 1. The van der Waals surface area contributed by atoms with Gasteiger partial charge in [-0.3, -0.25) is 14.4 Å². The van der Waals surface area contributed by atoms with Crippen molar-refractivity contribution in [3.63, 3.8) is 0 Å². The predicted molar refractivity (Wildman–Crippen MR) is 160 cm³/mol. The number of aliphatic hydroxyl groups excluding tert-OH is 1. The Labute approximate surface area is 261 Å². The van der Waals surface area contributed by atoms with Crippen LogP contribution in [-0.4, -0.2) is 80.2 Å². The van der Waals surface area contributed by atoms with Gasteiger partial charge in [0.25, 0.3) is 0 Å². The van der Waals surface area contributed by atoms with Gasteiger partial charge in [-0.05, 0) is 25.3 Å². The number of fused-ring (bicyclic) bond motifs is 1. The fourth-order valence-electron chi connectivity index (χ4n) is 6.51. The van der Waals surface area contributed by atoms with E-state index in [0.29, 0.717) is 36.3 Å². The van der Waals surface area contributed by atoms with Gasteiger partial charge in [0.2, 0.25) is 11.8 Å². The lowest BCUT2D eigenvalue weighted by molar-refractivity contribution is -0.146. The second kappa shape index (κ2) is 12.0. The van der Waals surface area contributed by atoms with Gasteiger partial charge in [0, 0.05) is 36.8 Å². The highest BCUT2D eigenvalue weighted by Crippen LogP contribution is 2.44. The number of oxazole rings is 1. The molecule has 2 N–H and O–H groups in total. The van der Waals surface area contributed by atoms with Crippen LogP contribution in [-0.2, 0) is 30.5 Å². The predicted octanol–water partition coefficient (Wildman–Crippen LogP) is 2.91. The van der Waals surface area contributed by atoms with Crippen molar-refractivity contribution >= 4 is 17.8 Å². The first-order valence-electron chi connectivity index (χ1n) is 15.4. The first-order chi connectivity index (χ1) is 21.5. The van der Waals surface area contributed by atoms with Crippen molar-refractivity contribution in [2.24, 2.45) is 5.41 Å². The Morgan fingerprint density at radius 1 is 1.18 bits per heavy atom. The lowest BCUT2D eigenvalue weighted by Crippen LogP contribution is -2.51. The summed E-state index contributed by atoms with van der Waals surface area (Å²) in [6.07, 6.45) is 1.11. The van der Waals surface area contributed by atoms with Gasteiger partial charge in [0.1, 0.15) is 12.1 Å². The number of hydrogen-bond donors (Lipinski definition) is 2. The molecule has 13 nitrogen and oxygen atoms in total. The molecule has 2 amide bonds. The molecule has 45 heavy (non-hydrogen) atoms. The summed E-state index contributed by atoms with van der Waals surface area (Å²) in [4.78, 5) is 46.4. The van der Waals surface area contributed by atoms with Crippen LogP contribution in [0.1, 0.15) is 86.1 Å². The van der Waals surface area contributed by atoms with Crippen LogP contribution in [0.2, 0.25) is 0 Å². The second-order valence-electron chi connectivity index (χ2n) is 13.0. The fraction of sp³-hybridized carbons (Fsp3) is 0.562. The summed E-state index contributed by atoms with van der Waals surface area (Å²) in [6.45, 7) is 8.13. The maximum absolute atomic E-state index is 14.4. The summed E-state index contributed by atoms with van der Waals surface area (Å²) in [7, 11) is 1.29. The molecular formula is C32H40N6O7. The highest BCUT2D eigenvalue weighted by atomic mass is 16.5. The molecule has 0 bridgehead atoms. The van der Waals surface area contributed by atoms with Gasteiger partial charge in [-0.15, -0.1) is 5.10 Å². The molecule has 6 rings (SSSR count). The molecule has 2 aromatic heterocycles.